The van der Waals surface area contributed by atoms with E-state index in [0.29, 0.717) is 31.1 Å². The van der Waals surface area contributed by atoms with Crippen LogP contribution in [0.1, 0.15) is 90.9 Å². The van der Waals surface area contributed by atoms with E-state index in [1.165, 1.54) is 11.1 Å². The van der Waals surface area contributed by atoms with Crippen LogP contribution in [0.2, 0.25) is 0 Å². The van der Waals surface area contributed by atoms with Gasteiger partial charge in [0.2, 0.25) is 0 Å². The molecule has 3 N–H and O–H groups in total. The molecule has 5 aliphatic heterocycles. The second kappa shape index (κ2) is 16.2. The number of aliphatic hydroxyl groups is 3. The van der Waals surface area contributed by atoms with Crippen LogP contribution in [0.4, 0.5) is 0 Å². The number of hydrogen-bond acceptors (Lipinski definition) is 10. The van der Waals surface area contributed by atoms with Gasteiger partial charge in [-0.3, -0.25) is 4.79 Å². The Morgan fingerprint density at radius 1 is 0.898 bits per heavy atom. The maximum atomic E-state index is 13.9. The van der Waals surface area contributed by atoms with Gasteiger partial charge in [0, 0.05) is 39.4 Å². The van der Waals surface area contributed by atoms with E-state index in [-0.39, 0.29) is 79.9 Å². The molecule has 6 rings (SSSR count). The Kier molecular flexibility index (Phi) is 12.4. The quantitative estimate of drug-likeness (QED) is 0.332. The predicted octanol–water partition coefficient (Wildman–Crippen LogP) is 4.31. The number of allylic oxidation sites excluding steroid dienone is 2. The minimum absolute atomic E-state index is 0.0916. The monoisotopic (exact) mass is 690 g/mol. The summed E-state index contributed by atoms with van der Waals surface area (Å²) in [5, 5.41) is 31.6. The van der Waals surface area contributed by atoms with Gasteiger partial charge in [-0.05, 0) is 81.5 Å². The van der Waals surface area contributed by atoms with Gasteiger partial charge in [0.25, 0.3) is 0 Å². The second-order valence-electron chi connectivity index (χ2n) is 16.1. The highest BCUT2D eigenvalue weighted by Crippen LogP contribution is 2.47. The number of carbonyl (C=O) groups is 1. The van der Waals surface area contributed by atoms with Crippen molar-refractivity contribution >= 4 is 5.78 Å². The van der Waals surface area contributed by atoms with Crippen LogP contribution in [-0.2, 0) is 33.2 Å². The molecule has 13 unspecified atom stereocenters. The minimum atomic E-state index is -0.921. The molecule has 1 saturated carbocycles. The number of methoxy groups -OCH3 is 2. The molecule has 0 aromatic heterocycles. The Hall–Kier alpha value is -1.21. The van der Waals surface area contributed by atoms with Crippen LogP contribution >= 0.6 is 0 Å². The summed E-state index contributed by atoms with van der Waals surface area (Å²) in [5.74, 6) is 1.23. The van der Waals surface area contributed by atoms with E-state index < -0.39 is 42.7 Å². The van der Waals surface area contributed by atoms with Gasteiger partial charge in [-0.1, -0.05) is 38.2 Å². The lowest BCUT2D eigenvalue weighted by Gasteiger charge is -2.47. The van der Waals surface area contributed by atoms with Crippen LogP contribution in [-0.4, -0.2) is 115 Å². The molecule has 278 valence electrons. The van der Waals surface area contributed by atoms with Crippen molar-refractivity contribution < 1.29 is 48.5 Å². The summed E-state index contributed by atoms with van der Waals surface area (Å²) >= 11 is 0. The number of rotatable bonds is 7. The molecule has 17 atom stereocenters. The molecule has 1 aliphatic carbocycles. The van der Waals surface area contributed by atoms with E-state index in [2.05, 4.69) is 27.0 Å². The summed E-state index contributed by atoms with van der Waals surface area (Å²) in [6.45, 7) is 13.1. The van der Waals surface area contributed by atoms with Crippen LogP contribution in [0, 0.1) is 29.6 Å². The molecule has 6 fully saturated rings. The fourth-order valence-corrected chi connectivity index (χ4v) is 10.3. The summed E-state index contributed by atoms with van der Waals surface area (Å²) in [4.78, 5) is 13.9. The topological polar surface area (TPSA) is 133 Å². The van der Waals surface area contributed by atoms with Crippen LogP contribution in [0.3, 0.4) is 0 Å². The number of Topliss-reactive ketones (excluding diaryl/α,β-unsaturated/α-hetero) is 1. The van der Waals surface area contributed by atoms with E-state index in [1.807, 2.05) is 0 Å². The molecule has 5 saturated heterocycles. The number of fused-ring (bicyclic) bond motifs is 5. The number of aliphatic hydroxyl groups excluding tert-OH is 3. The Morgan fingerprint density at radius 3 is 2.37 bits per heavy atom. The number of ketones is 1. The maximum Gasteiger partial charge on any atom is 0.135 e. The second-order valence-corrected chi connectivity index (χ2v) is 16.1. The third kappa shape index (κ3) is 7.93. The summed E-state index contributed by atoms with van der Waals surface area (Å²) in [7, 11) is 3.31. The van der Waals surface area contributed by atoms with Crippen molar-refractivity contribution in [2.45, 2.75) is 164 Å². The third-order valence-corrected chi connectivity index (χ3v) is 13.1. The third-order valence-electron chi connectivity index (χ3n) is 13.1. The maximum absolute atomic E-state index is 13.9. The van der Waals surface area contributed by atoms with Crippen LogP contribution in [0.15, 0.2) is 24.3 Å². The van der Waals surface area contributed by atoms with Gasteiger partial charge < -0.3 is 43.7 Å². The first-order valence-electron chi connectivity index (χ1n) is 19.1. The molecular weight excluding hydrogens is 628 g/mol. The minimum Gasteiger partial charge on any atom is -0.394 e. The standard InChI is InChI=1S/C39H62O10/c1-7-20(2)24-9-8-23-12-21(3)22(4)25(13-23)15-31-29(35(44-5)33(47-31)18-27(42)19-40)17-26(41)16-28-10-11-30-36(46-28)38(45-6)39-37(48-30)34(43)32(14-24)49-39/h21,23-25,27-40,42-43H,2,4,7-19H2,1,3,5-6H3/t21-,23?,24?,25?,27?,28?,29?,30?,31?,32?,33?,34?,35-,36+,37+,38?,39?/m1/s1. The van der Waals surface area contributed by atoms with E-state index >= 15 is 0 Å². The van der Waals surface area contributed by atoms with Gasteiger partial charge in [-0.25, -0.2) is 0 Å². The molecule has 0 radical (unpaired) electrons. The molecule has 10 nitrogen and oxygen atoms in total. The summed E-state index contributed by atoms with van der Waals surface area (Å²) in [5.41, 5.74) is 2.44. The van der Waals surface area contributed by atoms with Crippen molar-refractivity contribution in [3.05, 3.63) is 24.3 Å². The van der Waals surface area contributed by atoms with Gasteiger partial charge in [0.1, 0.15) is 36.3 Å². The highest BCUT2D eigenvalue weighted by molar-refractivity contribution is 5.79. The van der Waals surface area contributed by atoms with Crippen molar-refractivity contribution in [2.75, 3.05) is 20.8 Å². The number of ether oxygens (including phenoxy) is 6. The zero-order valence-electron chi connectivity index (χ0n) is 30.1. The SMILES string of the molecule is C=C(CC)C1CCC2CC(CC3OC(CC(O)CO)[C@H](OC)C3CC(=O)CC3CCC4O[C@H]5C(O)C(C1)OC5C(OC)[C@H]4O3)C(=C)[C@H](C)C2. The highest BCUT2D eigenvalue weighted by atomic mass is 16.6. The van der Waals surface area contributed by atoms with Crippen LogP contribution in [0.25, 0.3) is 0 Å². The Balaban J connectivity index is 1.30. The Bertz CT molecular complexity index is 1160. The average molecular weight is 691 g/mol. The van der Waals surface area contributed by atoms with E-state index in [4.69, 9.17) is 28.4 Å². The van der Waals surface area contributed by atoms with Gasteiger partial charge in [-0.2, -0.15) is 0 Å². The highest BCUT2D eigenvalue weighted by Gasteiger charge is 2.58. The predicted molar refractivity (Wildman–Crippen MR) is 183 cm³/mol. The molecule has 49 heavy (non-hydrogen) atoms. The molecule has 10 heteroatoms. The average Bonchev–Trinajstić information content (AvgIpc) is 3.57. The first-order valence-corrected chi connectivity index (χ1v) is 19.1. The molecule has 0 aromatic rings. The van der Waals surface area contributed by atoms with E-state index in [1.54, 1.807) is 14.2 Å². The van der Waals surface area contributed by atoms with Crippen LogP contribution < -0.4 is 0 Å². The molecule has 6 bridgehead atoms. The fraction of sp³-hybridized carbons (Fsp3) is 0.872. The molecule has 6 aliphatic rings. The van der Waals surface area contributed by atoms with Crippen molar-refractivity contribution in [1.82, 2.24) is 0 Å². The largest absolute Gasteiger partial charge is 0.394 e. The molecule has 0 aromatic carbocycles. The van der Waals surface area contributed by atoms with Crippen molar-refractivity contribution in [2.24, 2.45) is 29.6 Å². The first kappa shape index (κ1) is 37.5. The lowest BCUT2D eigenvalue weighted by atomic mass is 9.68. The van der Waals surface area contributed by atoms with Crippen molar-refractivity contribution in [1.29, 1.82) is 0 Å². The van der Waals surface area contributed by atoms with Gasteiger partial charge in [0.15, 0.2) is 0 Å². The Morgan fingerprint density at radius 2 is 1.65 bits per heavy atom. The van der Waals surface area contributed by atoms with Gasteiger partial charge in [0.05, 0.1) is 49.3 Å². The van der Waals surface area contributed by atoms with Crippen molar-refractivity contribution in [3.63, 3.8) is 0 Å². The molecular formula is C39H62O10. The van der Waals surface area contributed by atoms with E-state index in [9.17, 15) is 20.1 Å². The smallest absolute Gasteiger partial charge is 0.135 e. The lowest BCUT2D eigenvalue weighted by molar-refractivity contribution is -0.264. The van der Waals surface area contributed by atoms with Gasteiger partial charge >= 0.3 is 0 Å². The zero-order valence-corrected chi connectivity index (χ0v) is 30.1. The fourth-order valence-electron chi connectivity index (χ4n) is 10.3. The van der Waals surface area contributed by atoms with Crippen LogP contribution in [0.5, 0.6) is 0 Å². The molecule has 0 spiro atoms. The van der Waals surface area contributed by atoms with Gasteiger partial charge in [-0.15, -0.1) is 0 Å². The normalized spacial score (nSPS) is 46.8. The summed E-state index contributed by atoms with van der Waals surface area (Å²) in [6.07, 6.45) is 3.18. The number of hydrogen-bond donors (Lipinski definition) is 3. The zero-order chi connectivity index (χ0) is 35.0. The number of carbonyl (C=O) groups excluding carboxylic acids is 1. The molecule has 0 amide bonds. The van der Waals surface area contributed by atoms with E-state index in [0.717, 1.165) is 38.5 Å². The first-order chi connectivity index (χ1) is 23.5. The summed E-state index contributed by atoms with van der Waals surface area (Å²) in [6, 6.07) is 0. The lowest BCUT2D eigenvalue weighted by Crippen LogP contribution is -2.61. The summed E-state index contributed by atoms with van der Waals surface area (Å²) < 4.78 is 38.5. The Labute approximate surface area is 292 Å². The van der Waals surface area contributed by atoms with Crippen molar-refractivity contribution in [3.8, 4) is 0 Å². The molecule has 5 heterocycles.